The summed E-state index contributed by atoms with van der Waals surface area (Å²) in [5.74, 6) is 1.55. The molecule has 0 bridgehead atoms. The summed E-state index contributed by atoms with van der Waals surface area (Å²) in [6.45, 7) is 9.95. The molecule has 1 aliphatic heterocycles. The molecule has 0 aromatic heterocycles. The zero-order valence-electron chi connectivity index (χ0n) is 15.3. The fraction of sp³-hybridized carbons (Fsp3) is 0.250. The molecule has 0 aliphatic carbocycles. The molecule has 1 heterocycles. The quantitative estimate of drug-likeness (QED) is 0.386. The van der Waals surface area contributed by atoms with Crippen LogP contribution >= 0.6 is 11.8 Å². The van der Waals surface area contributed by atoms with Crippen molar-refractivity contribution in [3.8, 4) is 5.75 Å². The predicted molar refractivity (Wildman–Crippen MR) is 113 cm³/mol. The zero-order chi connectivity index (χ0) is 18.8. The average molecular weight is 369 g/mol. The van der Waals surface area contributed by atoms with Crippen LogP contribution in [0.1, 0.15) is 18.9 Å². The van der Waals surface area contributed by atoms with Crippen molar-refractivity contribution in [1.29, 1.82) is 0 Å². The van der Waals surface area contributed by atoms with Gasteiger partial charge in [0, 0.05) is 12.5 Å². The Morgan fingerprint density at radius 2 is 2.15 bits per heavy atom. The third-order valence-electron chi connectivity index (χ3n) is 3.61. The van der Waals surface area contributed by atoms with Crippen molar-refractivity contribution < 1.29 is 4.74 Å². The Bertz CT molecular complexity index is 748. The molecule has 1 aromatic carbocycles. The molecule has 1 aliphatic rings. The average Bonchev–Trinajstić information content (AvgIpc) is 2.68. The Hall–Kier alpha value is -2.60. The van der Waals surface area contributed by atoms with Gasteiger partial charge in [-0.15, -0.1) is 5.10 Å². The number of amidine groups is 1. The highest BCUT2D eigenvalue weighted by Gasteiger charge is 2.21. The Morgan fingerprint density at radius 1 is 1.38 bits per heavy atom. The van der Waals surface area contributed by atoms with E-state index in [0.29, 0.717) is 6.54 Å². The van der Waals surface area contributed by atoms with E-state index >= 15 is 0 Å². The van der Waals surface area contributed by atoms with Gasteiger partial charge in [-0.3, -0.25) is 0 Å². The van der Waals surface area contributed by atoms with E-state index in [1.807, 2.05) is 35.4 Å². The number of ether oxygens (including phenoxy) is 1. The SMILES string of the molecule is C=C/C=C(\C=C/CC)CN1N=C(c2ccc(OC)cc2)CS/C1=N/N=C. The molecule has 0 atom stereocenters. The number of hydrogen-bond donors (Lipinski definition) is 0. The van der Waals surface area contributed by atoms with Crippen LogP contribution in [0, 0.1) is 0 Å². The summed E-state index contributed by atoms with van der Waals surface area (Å²) in [7, 11) is 1.66. The molecule has 2 rings (SSSR count). The monoisotopic (exact) mass is 368 g/mol. The number of hydrogen-bond acceptors (Lipinski definition) is 5. The van der Waals surface area contributed by atoms with Gasteiger partial charge in [0.15, 0.2) is 0 Å². The van der Waals surface area contributed by atoms with Crippen LogP contribution in [0.4, 0.5) is 0 Å². The van der Waals surface area contributed by atoms with E-state index in [4.69, 9.17) is 9.84 Å². The first-order valence-corrected chi connectivity index (χ1v) is 9.34. The van der Waals surface area contributed by atoms with Crippen molar-refractivity contribution in [2.75, 3.05) is 19.4 Å². The number of nitrogens with zero attached hydrogens (tertiary/aromatic N) is 4. The standard InChI is InChI=1S/C20H24N4OS/c1-5-7-9-16(8-6-2)14-24-20(22-21-3)26-15-19(23-24)17-10-12-18(25-4)13-11-17/h6-13H,2-3,5,14-15H2,1,4H3/b9-7-,16-8+,22-20+. The lowest BCUT2D eigenvalue weighted by Crippen LogP contribution is -2.32. The second kappa shape index (κ2) is 10.4. The van der Waals surface area contributed by atoms with E-state index in [1.54, 1.807) is 24.9 Å². The Labute approximate surface area is 159 Å². The molecule has 6 heteroatoms. The summed E-state index contributed by atoms with van der Waals surface area (Å²) < 4.78 is 5.23. The number of benzene rings is 1. The largest absolute Gasteiger partial charge is 0.497 e. The van der Waals surface area contributed by atoms with Crippen LogP contribution in [-0.4, -0.2) is 42.0 Å². The van der Waals surface area contributed by atoms with Gasteiger partial charge in [-0.1, -0.05) is 49.6 Å². The predicted octanol–water partition coefficient (Wildman–Crippen LogP) is 4.50. The van der Waals surface area contributed by atoms with Crippen molar-refractivity contribution in [2.24, 2.45) is 15.3 Å². The van der Waals surface area contributed by atoms with Crippen LogP contribution in [-0.2, 0) is 0 Å². The fourth-order valence-corrected chi connectivity index (χ4v) is 3.21. The highest BCUT2D eigenvalue weighted by Crippen LogP contribution is 2.23. The second-order valence-electron chi connectivity index (χ2n) is 5.43. The van der Waals surface area contributed by atoms with Gasteiger partial charge < -0.3 is 4.74 Å². The van der Waals surface area contributed by atoms with E-state index in [-0.39, 0.29) is 0 Å². The molecule has 1 aromatic rings. The summed E-state index contributed by atoms with van der Waals surface area (Å²) in [5, 5.41) is 15.2. The Morgan fingerprint density at radius 3 is 2.77 bits per heavy atom. The fourth-order valence-electron chi connectivity index (χ4n) is 2.35. The molecular weight excluding hydrogens is 344 g/mol. The highest BCUT2D eigenvalue weighted by molar-refractivity contribution is 8.14. The molecule has 136 valence electrons. The molecule has 5 nitrogen and oxygen atoms in total. The normalized spacial score (nSPS) is 16.7. The smallest absolute Gasteiger partial charge is 0.206 e. The van der Waals surface area contributed by atoms with Crippen molar-refractivity contribution in [3.05, 3.63) is 66.3 Å². The van der Waals surface area contributed by atoms with E-state index in [1.165, 1.54) is 0 Å². The lowest BCUT2D eigenvalue weighted by atomic mass is 10.1. The summed E-state index contributed by atoms with van der Waals surface area (Å²) in [4.78, 5) is 0. The molecule has 0 radical (unpaired) electrons. The van der Waals surface area contributed by atoms with Gasteiger partial charge in [0.1, 0.15) is 5.75 Å². The molecular formula is C20H24N4OS. The number of allylic oxidation sites excluding steroid dienone is 3. The number of methoxy groups -OCH3 is 1. The van der Waals surface area contributed by atoms with E-state index < -0.39 is 0 Å². The topological polar surface area (TPSA) is 49.5 Å². The van der Waals surface area contributed by atoms with Gasteiger partial charge in [-0.05, 0) is 41.8 Å². The third-order valence-corrected chi connectivity index (χ3v) is 4.58. The van der Waals surface area contributed by atoms with E-state index in [2.05, 4.69) is 42.6 Å². The molecule has 26 heavy (non-hydrogen) atoms. The maximum absolute atomic E-state index is 5.23. The molecule has 0 N–H and O–H groups in total. The first-order chi connectivity index (χ1) is 12.7. The summed E-state index contributed by atoms with van der Waals surface area (Å²) >= 11 is 1.60. The highest BCUT2D eigenvalue weighted by atomic mass is 32.2. The second-order valence-corrected chi connectivity index (χ2v) is 6.38. The van der Waals surface area contributed by atoms with Crippen molar-refractivity contribution in [2.45, 2.75) is 13.3 Å². The third kappa shape index (κ3) is 5.46. The zero-order valence-corrected chi connectivity index (χ0v) is 16.1. The number of thioether (sulfide) groups is 1. The first kappa shape index (κ1) is 19.7. The first-order valence-electron chi connectivity index (χ1n) is 8.35. The van der Waals surface area contributed by atoms with Crippen molar-refractivity contribution in [3.63, 3.8) is 0 Å². The molecule has 0 fully saturated rings. The lowest BCUT2D eigenvalue weighted by molar-refractivity contribution is 0.415. The Balaban J connectivity index is 2.31. The van der Waals surface area contributed by atoms with Gasteiger partial charge in [-0.2, -0.15) is 10.2 Å². The van der Waals surface area contributed by atoms with Crippen molar-refractivity contribution in [1.82, 2.24) is 5.01 Å². The van der Waals surface area contributed by atoms with Crippen molar-refractivity contribution >= 4 is 29.4 Å². The molecule has 0 saturated carbocycles. The van der Waals surface area contributed by atoms with Crippen LogP contribution < -0.4 is 4.74 Å². The summed E-state index contributed by atoms with van der Waals surface area (Å²) in [6, 6.07) is 7.91. The summed E-state index contributed by atoms with van der Waals surface area (Å²) in [5.41, 5.74) is 3.14. The maximum atomic E-state index is 5.23. The van der Waals surface area contributed by atoms with Crippen LogP contribution in [0.2, 0.25) is 0 Å². The maximum Gasteiger partial charge on any atom is 0.206 e. The van der Waals surface area contributed by atoms with Crippen LogP contribution in [0.5, 0.6) is 5.75 Å². The van der Waals surface area contributed by atoms with E-state index in [0.717, 1.165) is 39.9 Å². The van der Waals surface area contributed by atoms with Crippen LogP contribution in [0.25, 0.3) is 0 Å². The van der Waals surface area contributed by atoms with Gasteiger partial charge >= 0.3 is 0 Å². The van der Waals surface area contributed by atoms with Gasteiger partial charge in [-0.25, -0.2) is 5.01 Å². The molecule has 0 unspecified atom stereocenters. The van der Waals surface area contributed by atoms with Crippen LogP contribution in [0.3, 0.4) is 0 Å². The van der Waals surface area contributed by atoms with E-state index in [9.17, 15) is 0 Å². The molecule has 0 saturated heterocycles. The number of rotatable bonds is 8. The minimum absolute atomic E-state index is 0.587. The van der Waals surface area contributed by atoms with Crippen LogP contribution in [0.15, 0.2) is 76.0 Å². The Kier molecular flexibility index (Phi) is 7.89. The lowest BCUT2D eigenvalue weighted by Gasteiger charge is -2.26. The van der Waals surface area contributed by atoms with Gasteiger partial charge in [0.2, 0.25) is 5.17 Å². The number of hydrazone groups is 1. The van der Waals surface area contributed by atoms with Gasteiger partial charge in [0.25, 0.3) is 0 Å². The molecule has 0 spiro atoms. The summed E-state index contributed by atoms with van der Waals surface area (Å²) in [6.07, 6.45) is 8.93. The minimum atomic E-state index is 0.587. The van der Waals surface area contributed by atoms with Gasteiger partial charge in [0.05, 0.1) is 19.4 Å². The molecule has 0 amide bonds. The minimum Gasteiger partial charge on any atom is -0.497 e.